The van der Waals surface area contributed by atoms with Gasteiger partial charge in [0.2, 0.25) is 5.91 Å². The van der Waals surface area contributed by atoms with Gasteiger partial charge < -0.3 is 25.4 Å². The number of hydrogen-bond acceptors (Lipinski definition) is 6. The molecule has 0 saturated heterocycles. The molecule has 2 rings (SSSR count). The zero-order valence-electron chi connectivity index (χ0n) is 18.1. The van der Waals surface area contributed by atoms with Crippen molar-refractivity contribution in [3.63, 3.8) is 0 Å². The van der Waals surface area contributed by atoms with E-state index in [1.165, 1.54) is 7.05 Å². The van der Waals surface area contributed by atoms with E-state index in [1.54, 1.807) is 43.3 Å². The highest BCUT2D eigenvalue weighted by atomic mass is 16.5. The van der Waals surface area contributed by atoms with Crippen LogP contribution in [-0.2, 0) is 4.79 Å². The van der Waals surface area contributed by atoms with E-state index in [-0.39, 0.29) is 5.91 Å². The zero-order chi connectivity index (χ0) is 22.8. The van der Waals surface area contributed by atoms with Crippen molar-refractivity contribution in [1.29, 1.82) is 0 Å². The highest BCUT2D eigenvalue weighted by molar-refractivity contribution is 6.05. The normalized spacial score (nSPS) is 11.1. The first-order chi connectivity index (χ1) is 14.9. The summed E-state index contributed by atoms with van der Waals surface area (Å²) in [7, 11) is 1.42. The van der Waals surface area contributed by atoms with Gasteiger partial charge in [-0.15, -0.1) is 0 Å². The average molecular weight is 428 g/mol. The first-order valence-corrected chi connectivity index (χ1v) is 9.98. The average Bonchev–Trinajstić information content (AvgIpc) is 2.77. The van der Waals surface area contributed by atoms with Gasteiger partial charge in [-0.25, -0.2) is 4.79 Å². The van der Waals surface area contributed by atoms with Crippen LogP contribution in [0.5, 0.6) is 11.5 Å². The monoisotopic (exact) mass is 428 g/mol. The van der Waals surface area contributed by atoms with Crippen molar-refractivity contribution in [2.75, 3.05) is 30.9 Å². The topological polar surface area (TPSA) is 118 Å². The molecule has 0 aliphatic rings. The Hall–Kier alpha value is -3.75. The van der Waals surface area contributed by atoms with Crippen molar-refractivity contribution < 1.29 is 23.9 Å². The van der Waals surface area contributed by atoms with Gasteiger partial charge >= 0.3 is 6.03 Å². The molecule has 0 fully saturated rings. The molecule has 4 amide bonds. The number of rotatable bonds is 9. The SMILES string of the molecule is CCOc1cc(N[C@H](C)C(=O)NC(=O)NC)c(OCC)cc1NC(=O)c1ccccc1. The number of benzene rings is 2. The Balaban J connectivity index is 2.32. The van der Waals surface area contributed by atoms with Crippen LogP contribution in [0.2, 0.25) is 0 Å². The molecule has 0 spiro atoms. The van der Waals surface area contributed by atoms with Gasteiger partial charge in [0.15, 0.2) is 0 Å². The fourth-order valence-corrected chi connectivity index (χ4v) is 2.69. The molecule has 2 aromatic rings. The number of amides is 4. The van der Waals surface area contributed by atoms with E-state index in [4.69, 9.17) is 9.47 Å². The number of urea groups is 1. The fraction of sp³-hybridized carbons (Fsp3) is 0.318. The van der Waals surface area contributed by atoms with E-state index in [0.717, 1.165) is 0 Å². The summed E-state index contributed by atoms with van der Waals surface area (Å²) in [5.41, 5.74) is 1.43. The Bertz CT molecular complexity index is 918. The second-order valence-corrected chi connectivity index (χ2v) is 6.47. The lowest BCUT2D eigenvalue weighted by molar-refractivity contribution is -0.120. The van der Waals surface area contributed by atoms with E-state index in [2.05, 4.69) is 21.3 Å². The third kappa shape index (κ3) is 6.63. The lowest BCUT2D eigenvalue weighted by Gasteiger charge is -2.20. The largest absolute Gasteiger partial charge is 0.492 e. The summed E-state index contributed by atoms with van der Waals surface area (Å²) in [4.78, 5) is 36.2. The van der Waals surface area contributed by atoms with Gasteiger partial charge in [-0.2, -0.15) is 0 Å². The second kappa shape index (κ2) is 11.4. The van der Waals surface area contributed by atoms with Crippen molar-refractivity contribution in [2.24, 2.45) is 0 Å². The summed E-state index contributed by atoms with van der Waals surface area (Å²) < 4.78 is 11.4. The third-order valence-electron chi connectivity index (χ3n) is 4.19. The molecular weight excluding hydrogens is 400 g/mol. The van der Waals surface area contributed by atoms with Crippen LogP contribution >= 0.6 is 0 Å². The molecule has 0 aliphatic carbocycles. The molecular formula is C22H28N4O5. The fourth-order valence-electron chi connectivity index (χ4n) is 2.69. The van der Waals surface area contributed by atoms with Crippen LogP contribution in [0, 0.1) is 0 Å². The van der Waals surface area contributed by atoms with Crippen molar-refractivity contribution in [2.45, 2.75) is 26.8 Å². The lowest BCUT2D eigenvalue weighted by Crippen LogP contribution is -2.44. The molecule has 0 aliphatic heterocycles. The molecule has 0 aromatic heterocycles. The standard InChI is InChI=1S/C22H28N4O5/c1-5-30-18-13-17(25-21(28)15-10-8-7-9-11-15)19(31-6-2)12-16(18)24-14(3)20(27)26-22(29)23-4/h7-14,24H,5-6H2,1-4H3,(H,25,28)(H2,23,26,27,29)/t14-/m1/s1. The molecule has 31 heavy (non-hydrogen) atoms. The van der Waals surface area contributed by atoms with E-state index in [1.807, 2.05) is 19.9 Å². The summed E-state index contributed by atoms with van der Waals surface area (Å²) in [5, 5.41) is 10.4. The van der Waals surface area contributed by atoms with Crippen LogP contribution in [-0.4, -0.2) is 44.1 Å². The van der Waals surface area contributed by atoms with E-state index >= 15 is 0 Å². The number of hydrogen-bond donors (Lipinski definition) is 4. The van der Waals surface area contributed by atoms with E-state index in [0.29, 0.717) is 41.7 Å². The smallest absolute Gasteiger partial charge is 0.321 e. The summed E-state index contributed by atoms with van der Waals surface area (Å²) in [6, 6.07) is 10.8. The van der Waals surface area contributed by atoms with Gasteiger partial charge in [0.05, 0.1) is 24.6 Å². The molecule has 0 bridgehead atoms. The first-order valence-electron chi connectivity index (χ1n) is 9.98. The minimum absolute atomic E-state index is 0.289. The Labute approximate surface area is 181 Å². The number of carbonyl (C=O) groups is 3. The second-order valence-electron chi connectivity index (χ2n) is 6.47. The van der Waals surface area contributed by atoms with Crippen LogP contribution in [0.25, 0.3) is 0 Å². The lowest BCUT2D eigenvalue weighted by atomic mass is 10.1. The Morgan fingerprint density at radius 3 is 2.10 bits per heavy atom. The van der Waals surface area contributed by atoms with Crippen LogP contribution in [0.4, 0.5) is 16.2 Å². The molecule has 9 nitrogen and oxygen atoms in total. The van der Waals surface area contributed by atoms with Crippen LogP contribution < -0.4 is 30.7 Å². The maximum atomic E-state index is 12.6. The number of imide groups is 1. The van der Waals surface area contributed by atoms with Gasteiger partial charge in [-0.05, 0) is 32.9 Å². The van der Waals surface area contributed by atoms with Crippen LogP contribution in [0.1, 0.15) is 31.1 Å². The molecule has 2 aromatic carbocycles. The molecule has 1 atom stereocenters. The molecule has 9 heteroatoms. The highest BCUT2D eigenvalue weighted by Crippen LogP contribution is 2.37. The van der Waals surface area contributed by atoms with E-state index in [9.17, 15) is 14.4 Å². The maximum Gasteiger partial charge on any atom is 0.321 e. The van der Waals surface area contributed by atoms with Crippen molar-refractivity contribution in [3.05, 3.63) is 48.0 Å². The van der Waals surface area contributed by atoms with Gasteiger partial charge in [0.25, 0.3) is 5.91 Å². The van der Waals surface area contributed by atoms with Gasteiger partial charge in [0, 0.05) is 24.7 Å². The summed E-state index contributed by atoms with van der Waals surface area (Å²) in [6.07, 6.45) is 0. The van der Waals surface area contributed by atoms with Crippen molar-refractivity contribution in [1.82, 2.24) is 10.6 Å². The molecule has 0 unspecified atom stereocenters. The predicted octanol–water partition coefficient (Wildman–Crippen LogP) is 2.99. The molecule has 0 saturated carbocycles. The third-order valence-corrected chi connectivity index (χ3v) is 4.19. The Morgan fingerprint density at radius 2 is 1.52 bits per heavy atom. The Kier molecular flexibility index (Phi) is 8.68. The zero-order valence-corrected chi connectivity index (χ0v) is 18.1. The number of carbonyl (C=O) groups excluding carboxylic acids is 3. The summed E-state index contributed by atoms with van der Waals surface area (Å²) in [5.74, 6) is 0.0369. The molecule has 0 radical (unpaired) electrons. The van der Waals surface area contributed by atoms with Gasteiger partial charge in [-0.3, -0.25) is 14.9 Å². The van der Waals surface area contributed by atoms with Gasteiger partial charge in [0.1, 0.15) is 17.5 Å². The summed E-state index contributed by atoms with van der Waals surface area (Å²) in [6.45, 7) is 6.00. The maximum absolute atomic E-state index is 12.6. The molecule has 166 valence electrons. The van der Waals surface area contributed by atoms with Crippen LogP contribution in [0.15, 0.2) is 42.5 Å². The minimum atomic E-state index is -0.740. The summed E-state index contributed by atoms with van der Waals surface area (Å²) >= 11 is 0. The first kappa shape index (κ1) is 23.5. The molecule has 4 N–H and O–H groups in total. The van der Waals surface area contributed by atoms with E-state index < -0.39 is 18.0 Å². The van der Waals surface area contributed by atoms with Crippen molar-refractivity contribution >= 4 is 29.2 Å². The number of nitrogens with one attached hydrogen (secondary N) is 4. The highest BCUT2D eigenvalue weighted by Gasteiger charge is 2.20. The molecule has 0 heterocycles. The number of ether oxygens (including phenoxy) is 2. The van der Waals surface area contributed by atoms with Gasteiger partial charge in [-0.1, -0.05) is 18.2 Å². The Morgan fingerprint density at radius 1 is 0.935 bits per heavy atom. The predicted molar refractivity (Wildman–Crippen MR) is 119 cm³/mol. The minimum Gasteiger partial charge on any atom is -0.492 e. The number of anilines is 2. The van der Waals surface area contributed by atoms with Crippen LogP contribution in [0.3, 0.4) is 0 Å². The van der Waals surface area contributed by atoms with Crippen molar-refractivity contribution in [3.8, 4) is 11.5 Å². The quantitative estimate of drug-likeness (QED) is 0.488.